The monoisotopic (exact) mass is 246 g/mol. The highest BCUT2D eigenvalue weighted by molar-refractivity contribution is 5.85. The van der Waals surface area contributed by atoms with Gasteiger partial charge in [-0.3, -0.25) is 4.79 Å². The van der Waals surface area contributed by atoms with Crippen LogP contribution in [-0.4, -0.2) is 36.0 Å². The number of carbonyl (C=O) groups excluding carboxylic acids is 1. The Hall–Kier alpha value is -0.280. The number of hydrogen-bond donors (Lipinski definition) is 1. The normalized spacial score (nSPS) is 36.5. The minimum Gasteiger partial charge on any atom is -0.337 e. The van der Waals surface area contributed by atoms with Crippen LogP contribution < -0.4 is 5.32 Å². The predicted molar refractivity (Wildman–Crippen MR) is 67.8 cm³/mol. The summed E-state index contributed by atoms with van der Waals surface area (Å²) < 4.78 is 0. The largest absolute Gasteiger partial charge is 0.337 e. The summed E-state index contributed by atoms with van der Waals surface area (Å²) in [5, 5.41) is 3.40. The van der Waals surface area contributed by atoms with Gasteiger partial charge in [0.05, 0.1) is 0 Å². The van der Waals surface area contributed by atoms with Crippen LogP contribution in [0.15, 0.2) is 0 Å². The Morgan fingerprint density at radius 2 is 1.94 bits per heavy atom. The van der Waals surface area contributed by atoms with Crippen LogP contribution in [0.4, 0.5) is 0 Å². The molecule has 2 aliphatic rings. The third kappa shape index (κ3) is 2.51. The number of amides is 1. The molecule has 1 aliphatic heterocycles. The summed E-state index contributed by atoms with van der Waals surface area (Å²) in [4.78, 5) is 14.3. The van der Waals surface area contributed by atoms with Gasteiger partial charge in [-0.05, 0) is 25.7 Å². The van der Waals surface area contributed by atoms with Gasteiger partial charge in [0.15, 0.2) is 0 Å². The molecule has 4 heteroatoms. The topological polar surface area (TPSA) is 32.3 Å². The standard InChI is InChI=1S/C12H22N2O.ClH/c1-8-7-14(9(2)6-13-8)11(15)10-5-12(10,3)4;/h8-10,13H,5-7H2,1-4H3;1H. The molecule has 0 spiro atoms. The van der Waals surface area contributed by atoms with E-state index in [9.17, 15) is 4.79 Å². The molecule has 0 radical (unpaired) electrons. The van der Waals surface area contributed by atoms with Crippen molar-refractivity contribution < 1.29 is 4.79 Å². The number of piperazine rings is 1. The van der Waals surface area contributed by atoms with Gasteiger partial charge >= 0.3 is 0 Å². The fourth-order valence-electron chi connectivity index (χ4n) is 2.42. The molecule has 94 valence electrons. The van der Waals surface area contributed by atoms with Crippen LogP contribution in [-0.2, 0) is 4.79 Å². The Bertz CT molecular complexity index is 280. The molecule has 1 heterocycles. The molecule has 0 aromatic rings. The lowest BCUT2D eigenvalue weighted by atomic mass is 10.1. The van der Waals surface area contributed by atoms with E-state index in [0.29, 0.717) is 18.0 Å². The Labute approximate surface area is 104 Å². The lowest BCUT2D eigenvalue weighted by Crippen LogP contribution is -2.56. The molecule has 1 N–H and O–H groups in total. The van der Waals surface area contributed by atoms with Crippen LogP contribution in [0.3, 0.4) is 0 Å². The Balaban J connectivity index is 0.00000128. The SMILES string of the molecule is CC1CN(C(=O)C2CC2(C)C)C(C)CN1.Cl. The van der Waals surface area contributed by atoms with E-state index in [1.165, 1.54) is 0 Å². The summed E-state index contributed by atoms with van der Waals surface area (Å²) in [5.41, 5.74) is 0.255. The van der Waals surface area contributed by atoms with Gasteiger partial charge in [-0.25, -0.2) is 0 Å². The second kappa shape index (κ2) is 4.53. The maximum atomic E-state index is 12.2. The van der Waals surface area contributed by atoms with Gasteiger partial charge in [-0.2, -0.15) is 0 Å². The van der Waals surface area contributed by atoms with Crippen molar-refractivity contribution in [2.75, 3.05) is 13.1 Å². The molecule has 0 bridgehead atoms. The molecule has 3 atom stereocenters. The summed E-state index contributed by atoms with van der Waals surface area (Å²) >= 11 is 0. The van der Waals surface area contributed by atoms with Crippen LogP contribution >= 0.6 is 12.4 Å². The first-order valence-corrected chi connectivity index (χ1v) is 5.95. The van der Waals surface area contributed by atoms with E-state index >= 15 is 0 Å². The molecular formula is C12H23ClN2O. The van der Waals surface area contributed by atoms with Crippen LogP contribution in [0.2, 0.25) is 0 Å². The fraction of sp³-hybridized carbons (Fsp3) is 0.917. The van der Waals surface area contributed by atoms with E-state index in [1.807, 2.05) is 0 Å². The molecule has 2 fully saturated rings. The van der Waals surface area contributed by atoms with Crippen LogP contribution in [0.5, 0.6) is 0 Å². The van der Waals surface area contributed by atoms with Gasteiger partial charge in [0, 0.05) is 31.1 Å². The maximum absolute atomic E-state index is 12.2. The number of hydrogen-bond acceptors (Lipinski definition) is 2. The molecular weight excluding hydrogens is 224 g/mol. The highest BCUT2D eigenvalue weighted by Gasteiger charge is 2.52. The van der Waals surface area contributed by atoms with Crippen molar-refractivity contribution in [2.45, 2.75) is 46.2 Å². The molecule has 0 aromatic carbocycles. The number of nitrogens with zero attached hydrogens (tertiary/aromatic N) is 1. The minimum atomic E-state index is 0. The van der Waals surface area contributed by atoms with Crippen molar-refractivity contribution in [1.82, 2.24) is 10.2 Å². The Morgan fingerprint density at radius 3 is 2.44 bits per heavy atom. The lowest BCUT2D eigenvalue weighted by molar-refractivity contribution is -0.136. The Kier molecular flexibility index (Phi) is 3.91. The van der Waals surface area contributed by atoms with Crippen molar-refractivity contribution in [1.29, 1.82) is 0 Å². The molecule has 1 saturated carbocycles. The number of rotatable bonds is 1. The average molecular weight is 247 g/mol. The van der Waals surface area contributed by atoms with Crippen molar-refractivity contribution >= 4 is 18.3 Å². The third-order valence-electron chi connectivity index (χ3n) is 3.86. The predicted octanol–water partition coefficient (Wildman–Crippen LogP) is 1.66. The number of halogens is 1. The highest BCUT2D eigenvalue weighted by atomic mass is 35.5. The second-order valence-corrected chi connectivity index (χ2v) is 5.89. The fourth-order valence-corrected chi connectivity index (χ4v) is 2.42. The van der Waals surface area contributed by atoms with Gasteiger partial charge in [-0.15, -0.1) is 12.4 Å². The molecule has 1 aliphatic carbocycles. The summed E-state index contributed by atoms with van der Waals surface area (Å²) in [7, 11) is 0. The summed E-state index contributed by atoms with van der Waals surface area (Å²) in [6.07, 6.45) is 1.07. The maximum Gasteiger partial charge on any atom is 0.226 e. The van der Waals surface area contributed by atoms with Crippen molar-refractivity contribution in [2.24, 2.45) is 11.3 Å². The van der Waals surface area contributed by atoms with Crippen molar-refractivity contribution in [3.63, 3.8) is 0 Å². The molecule has 3 unspecified atom stereocenters. The summed E-state index contributed by atoms with van der Waals surface area (Å²) in [5.74, 6) is 0.658. The molecule has 1 amide bonds. The van der Waals surface area contributed by atoms with Crippen LogP contribution in [0.25, 0.3) is 0 Å². The van der Waals surface area contributed by atoms with Crippen molar-refractivity contribution in [3.8, 4) is 0 Å². The van der Waals surface area contributed by atoms with E-state index in [2.05, 4.69) is 37.9 Å². The second-order valence-electron chi connectivity index (χ2n) is 5.89. The summed E-state index contributed by atoms with van der Waals surface area (Å²) in [6.45, 7) is 10.4. The first kappa shape index (κ1) is 13.8. The van der Waals surface area contributed by atoms with Gasteiger partial charge in [0.25, 0.3) is 0 Å². The summed E-state index contributed by atoms with van der Waals surface area (Å²) in [6, 6.07) is 0.789. The quantitative estimate of drug-likeness (QED) is 0.763. The first-order chi connectivity index (χ1) is 6.92. The van der Waals surface area contributed by atoms with Gasteiger partial charge < -0.3 is 10.2 Å². The van der Waals surface area contributed by atoms with E-state index in [0.717, 1.165) is 19.5 Å². The lowest BCUT2D eigenvalue weighted by Gasteiger charge is -2.38. The number of carbonyl (C=O) groups is 1. The number of nitrogens with one attached hydrogen (secondary N) is 1. The zero-order chi connectivity index (χ0) is 11.2. The van der Waals surface area contributed by atoms with Gasteiger partial charge in [-0.1, -0.05) is 13.8 Å². The van der Waals surface area contributed by atoms with Gasteiger partial charge in [0.2, 0.25) is 5.91 Å². The van der Waals surface area contributed by atoms with Crippen molar-refractivity contribution in [3.05, 3.63) is 0 Å². The first-order valence-electron chi connectivity index (χ1n) is 5.95. The average Bonchev–Trinajstić information content (AvgIpc) is 2.78. The zero-order valence-corrected chi connectivity index (χ0v) is 11.4. The molecule has 2 rings (SSSR count). The molecule has 16 heavy (non-hydrogen) atoms. The van der Waals surface area contributed by atoms with Gasteiger partial charge in [0.1, 0.15) is 0 Å². The van der Waals surface area contributed by atoms with E-state index in [4.69, 9.17) is 0 Å². The molecule has 0 aromatic heterocycles. The van der Waals surface area contributed by atoms with E-state index in [-0.39, 0.29) is 23.7 Å². The van der Waals surface area contributed by atoms with Crippen LogP contribution in [0, 0.1) is 11.3 Å². The van der Waals surface area contributed by atoms with Crippen LogP contribution in [0.1, 0.15) is 34.1 Å². The Morgan fingerprint density at radius 1 is 1.38 bits per heavy atom. The highest BCUT2D eigenvalue weighted by Crippen LogP contribution is 2.52. The van der Waals surface area contributed by atoms with E-state index in [1.54, 1.807) is 0 Å². The van der Waals surface area contributed by atoms with E-state index < -0.39 is 0 Å². The minimum absolute atomic E-state index is 0. The smallest absolute Gasteiger partial charge is 0.226 e. The molecule has 3 nitrogen and oxygen atoms in total. The zero-order valence-electron chi connectivity index (χ0n) is 10.6. The third-order valence-corrected chi connectivity index (χ3v) is 3.86. The molecule has 1 saturated heterocycles.